The number of carbonyl (C=O) groups excluding carboxylic acids is 1. The molecule has 40 heavy (non-hydrogen) atoms. The number of aryl methyl sites for hydroxylation is 1. The fraction of sp³-hybridized carbons (Fsp3) is 0.333. The van der Waals surface area contributed by atoms with Gasteiger partial charge in [-0.3, -0.25) is 23.6 Å². The quantitative estimate of drug-likeness (QED) is 0.266. The zero-order valence-electron chi connectivity index (χ0n) is 22.9. The van der Waals surface area contributed by atoms with Crippen LogP contribution in [0.2, 0.25) is 0 Å². The molecule has 0 amide bonds. The van der Waals surface area contributed by atoms with Crippen LogP contribution in [0.15, 0.2) is 72.0 Å². The number of aromatic nitrogens is 5. The first-order chi connectivity index (χ1) is 19.5. The van der Waals surface area contributed by atoms with Gasteiger partial charge >= 0.3 is 0 Å². The lowest BCUT2D eigenvalue weighted by molar-refractivity contribution is 0.0987. The number of ether oxygens (including phenoxy) is 1. The maximum absolute atomic E-state index is 13.4. The summed E-state index contributed by atoms with van der Waals surface area (Å²) in [4.78, 5) is 35.1. The van der Waals surface area contributed by atoms with E-state index in [4.69, 9.17) is 4.74 Å². The van der Waals surface area contributed by atoms with E-state index in [-0.39, 0.29) is 17.8 Å². The van der Waals surface area contributed by atoms with E-state index < -0.39 is 0 Å². The molecule has 1 fully saturated rings. The highest BCUT2D eigenvalue weighted by Gasteiger charge is 2.17. The summed E-state index contributed by atoms with van der Waals surface area (Å²) in [7, 11) is 3.89. The van der Waals surface area contributed by atoms with Crippen molar-refractivity contribution in [1.82, 2.24) is 33.5 Å². The number of imidazole rings is 1. The second kappa shape index (κ2) is 11.1. The summed E-state index contributed by atoms with van der Waals surface area (Å²) in [6, 6.07) is 13.3. The van der Waals surface area contributed by atoms with Crippen LogP contribution in [0.25, 0.3) is 16.6 Å². The monoisotopic (exact) mass is 539 g/mol. The van der Waals surface area contributed by atoms with Gasteiger partial charge in [-0.05, 0) is 30.8 Å². The molecule has 10 nitrogen and oxygen atoms in total. The molecule has 4 aromatic heterocycles. The van der Waals surface area contributed by atoms with E-state index in [2.05, 4.69) is 26.9 Å². The summed E-state index contributed by atoms with van der Waals surface area (Å²) in [5.41, 5.74) is 3.58. The molecule has 0 unspecified atom stereocenters. The van der Waals surface area contributed by atoms with Crippen molar-refractivity contribution in [3.8, 4) is 5.75 Å². The van der Waals surface area contributed by atoms with Crippen molar-refractivity contribution in [3.63, 3.8) is 0 Å². The molecule has 0 aliphatic carbocycles. The first-order valence-corrected chi connectivity index (χ1v) is 13.6. The van der Waals surface area contributed by atoms with Gasteiger partial charge in [0, 0.05) is 75.6 Å². The van der Waals surface area contributed by atoms with Crippen molar-refractivity contribution in [2.45, 2.75) is 13.0 Å². The Hall–Kier alpha value is -4.28. The topological polar surface area (TPSA) is 89.9 Å². The van der Waals surface area contributed by atoms with E-state index in [9.17, 15) is 9.59 Å². The fourth-order valence-electron chi connectivity index (χ4n) is 5.26. The number of likely N-dealkylation sites (N-methyl/N-ethyl adjacent to an activating group) is 1. The largest absolute Gasteiger partial charge is 0.492 e. The van der Waals surface area contributed by atoms with Crippen molar-refractivity contribution in [2.24, 2.45) is 7.05 Å². The summed E-state index contributed by atoms with van der Waals surface area (Å²) in [5, 5.41) is 5.43. The number of piperazine rings is 1. The standard InChI is InChI=1S/C30H33N7O3/c1-33-11-13-35(14-12-33)15-16-40-24-8-10-36-27(20-31-29(36)18-24)28(38)17-22-5-3-7-26-25(22)19-32-37(26)21-23-6-4-9-34(2)30(23)39/h3-10,18-20H,11-17,21H2,1-2H3. The number of benzene rings is 1. The smallest absolute Gasteiger partial charge is 0.255 e. The van der Waals surface area contributed by atoms with Gasteiger partial charge in [-0.2, -0.15) is 5.10 Å². The molecule has 1 aromatic carbocycles. The van der Waals surface area contributed by atoms with Gasteiger partial charge in [-0.1, -0.05) is 18.2 Å². The lowest BCUT2D eigenvalue weighted by Gasteiger charge is -2.32. The number of hydrogen-bond acceptors (Lipinski definition) is 7. The Balaban J connectivity index is 1.14. The van der Waals surface area contributed by atoms with Gasteiger partial charge in [0.05, 0.1) is 24.5 Å². The zero-order chi connectivity index (χ0) is 27.6. The van der Waals surface area contributed by atoms with Crippen molar-refractivity contribution < 1.29 is 9.53 Å². The number of nitrogens with zero attached hydrogens (tertiary/aromatic N) is 7. The number of carbonyl (C=O) groups is 1. The first-order valence-electron chi connectivity index (χ1n) is 13.6. The molecule has 0 N–H and O–H groups in total. The molecule has 5 heterocycles. The molecule has 0 saturated carbocycles. The van der Waals surface area contributed by atoms with Crippen LogP contribution in [-0.2, 0) is 20.0 Å². The molecule has 206 valence electrons. The summed E-state index contributed by atoms with van der Waals surface area (Å²) < 4.78 is 11.2. The predicted octanol–water partition coefficient (Wildman–Crippen LogP) is 2.48. The van der Waals surface area contributed by atoms with Crippen LogP contribution in [0.1, 0.15) is 21.6 Å². The molecule has 1 aliphatic heterocycles. The molecule has 5 aromatic rings. The third-order valence-corrected chi connectivity index (χ3v) is 7.69. The van der Waals surface area contributed by atoms with Crippen molar-refractivity contribution in [3.05, 3.63) is 94.4 Å². The van der Waals surface area contributed by atoms with Crippen molar-refractivity contribution in [1.29, 1.82) is 0 Å². The minimum Gasteiger partial charge on any atom is -0.492 e. The normalized spacial score (nSPS) is 14.8. The van der Waals surface area contributed by atoms with E-state index in [1.807, 2.05) is 53.1 Å². The van der Waals surface area contributed by atoms with E-state index >= 15 is 0 Å². The highest BCUT2D eigenvalue weighted by molar-refractivity contribution is 5.99. The SMILES string of the molecule is CN1CCN(CCOc2ccn3c(C(=O)Cc4cccc5c4cnn5Cc4cccn(C)c4=O)cnc3c2)CC1. The molecule has 6 rings (SSSR count). The fourth-order valence-corrected chi connectivity index (χ4v) is 5.26. The number of fused-ring (bicyclic) bond motifs is 2. The molecule has 0 bridgehead atoms. The average molecular weight is 540 g/mol. The Morgan fingerprint density at radius 3 is 2.65 bits per heavy atom. The molecule has 0 spiro atoms. The average Bonchev–Trinajstić information content (AvgIpc) is 3.57. The summed E-state index contributed by atoms with van der Waals surface area (Å²) >= 11 is 0. The molecule has 0 atom stereocenters. The summed E-state index contributed by atoms with van der Waals surface area (Å²) in [6.45, 7) is 6.16. The van der Waals surface area contributed by atoms with Gasteiger partial charge in [0.25, 0.3) is 5.56 Å². The maximum atomic E-state index is 13.4. The Morgan fingerprint density at radius 1 is 0.975 bits per heavy atom. The highest BCUT2D eigenvalue weighted by atomic mass is 16.5. The third kappa shape index (κ3) is 5.28. The van der Waals surface area contributed by atoms with Crippen LogP contribution in [0, 0.1) is 0 Å². The molecule has 10 heteroatoms. The van der Waals surface area contributed by atoms with Crippen LogP contribution >= 0.6 is 0 Å². The second-order valence-electron chi connectivity index (χ2n) is 10.4. The minimum absolute atomic E-state index is 0.0339. The van der Waals surface area contributed by atoms with Crippen LogP contribution in [-0.4, -0.2) is 85.7 Å². The van der Waals surface area contributed by atoms with Gasteiger partial charge in [-0.25, -0.2) is 4.98 Å². The minimum atomic E-state index is -0.0475. The Bertz CT molecular complexity index is 1730. The van der Waals surface area contributed by atoms with E-state index in [0.717, 1.165) is 54.9 Å². The van der Waals surface area contributed by atoms with Crippen molar-refractivity contribution in [2.75, 3.05) is 46.4 Å². The molecule has 1 aliphatic rings. The van der Waals surface area contributed by atoms with Crippen LogP contribution < -0.4 is 10.3 Å². The summed E-state index contributed by atoms with van der Waals surface area (Å²) in [6.07, 6.45) is 7.19. The van der Waals surface area contributed by atoms with Crippen molar-refractivity contribution >= 4 is 22.3 Å². The number of hydrogen-bond donors (Lipinski definition) is 0. The van der Waals surface area contributed by atoms with Gasteiger partial charge < -0.3 is 14.2 Å². The number of rotatable bonds is 9. The zero-order valence-corrected chi connectivity index (χ0v) is 22.9. The van der Waals surface area contributed by atoms with E-state index in [0.29, 0.717) is 30.1 Å². The molecular weight excluding hydrogens is 506 g/mol. The summed E-state index contributed by atoms with van der Waals surface area (Å²) in [5.74, 6) is 0.713. The lowest BCUT2D eigenvalue weighted by atomic mass is 10.0. The van der Waals surface area contributed by atoms with Gasteiger partial charge in [0.15, 0.2) is 5.78 Å². The molecular formula is C30H33N7O3. The Kier molecular flexibility index (Phi) is 7.19. The number of Topliss-reactive ketones (excluding diaryl/α,β-unsaturated/α-hetero) is 1. The highest BCUT2D eigenvalue weighted by Crippen LogP contribution is 2.22. The van der Waals surface area contributed by atoms with Gasteiger partial charge in [-0.15, -0.1) is 0 Å². The second-order valence-corrected chi connectivity index (χ2v) is 10.4. The first kappa shape index (κ1) is 26.0. The predicted molar refractivity (Wildman–Crippen MR) is 153 cm³/mol. The Labute approximate surface area is 232 Å². The van der Waals surface area contributed by atoms with Crippen LogP contribution in [0.4, 0.5) is 0 Å². The van der Waals surface area contributed by atoms with Crippen LogP contribution in [0.3, 0.4) is 0 Å². The van der Waals surface area contributed by atoms with Gasteiger partial charge in [0.2, 0.25) is 0 Å². The molecule has 1 saturated heterocycles. The van der Waals surface area contributed by atoms with E-state index in [1.54, 1.807) is 34.9 Å². The van der Waals surface area contributed by atoms with Gasteiger partial charge in [0.1, 0.15) is 23.7 Å². The van der Waals surface area contributed by atoms with E-state index in [1.165, 1.54) is 0 Å². The molecule has 0 radical (unpaired) electrons. The number of pyridine rings is 2. The van der Waals surface area contributed by atoms with Crippen LogP contribution in [0.5, 0.6) is 5.75 Å². The lowest BCUT2D eigenvalue weighted by Crippen LogP contribution is -2.45. The Morgan fingerprint density at radius 2 is 1.80 bits per heavy atom. The third-order valence-electron chi connectivity index (χ3n) is 7.69. The maximum Gasteiger partial charge on any atom is 0.255 e. The number of ketones is 1.